The number of nitrogens with zero attached hydrogens (tertiary/aromatic N) is 9. The van der Waals surface area contributed by atoms with Crippen molar-refractivity contribution < 1.29 is 14.3 Å². The molecule has 3 heterocycles. The van der Waals surface area contributed by atoms with Crippen LogP contribution in [0.5, 0.6) is 0 Å². The van der Waals surface area contributed by atoms with E-state index in [1.54, 1.807) is 0 Å². The minimum atomic E-state index is -1.23. The van der Waals surface area contributed by atoms with E-state index in [1.165, 1.54) is 38.0 Å². The van der Waals surface area contributed by atoms with E-state index >= 15 is 0 Å². The van der Waals surface area contributed by atoms with Gasteiger partial charge in [-0.25, -0.2) is 15.0 Å². The van der Waals surface area contributed by atoms with Crippen molar-refractivity contribution in [1.29, 1.82) is 0 Å². The zero-order valence-electron chi connectivity index (χ0n) is 9.29. The van der Waals surface area contributed by atoms with Crippen molar-refractivity contribution in [2.75, 3.05) is 0 Å². The Bertz CT molecular complexity index is 495. The van der Waals surface area contributed by atoms with E-state index in [0.717, 1.165) is 14.5 Å². The fourth-order valence-corrected chi connectivity index (χ4v) is 1.08. The molecule has 0 unspecified atom stereocenters. The number of rotatable bonds is 6. The first-order valence-electron chi connectivity index (χ1n) is 4.95. The van der Waals surface area contributed by atoms with Crippen molar-refractivity contribution in [1.82, 2.24) is 44.8 Å². The second-order valence-electron chi connectivity index (χ2n) is 3.00. The third-order valence-electron chi connectivity index (χ3n) is 1.77. The Hall–Kier alpha value is -3.12. The Morgan fingerprint density at radius 1 is 0.632 bits per heavy atom. The molecule has 0 fully saturated rings. The Balaban J connectivity index is 1.70. The van der Waals surface area contributed by atoms with Crippen molar-refractivity contribution in [3.8, 4) is 0 Å². The van der Waals surface area contributed by atoms with Crippen LogP contribution in [-0.4, -0.2) is 52.1 Å². The lowest BCUT2D eigenvalue weighted by atomic mass is 10.3. The highest BCUT2D eigenvalue weighted by Crippen LogP contribution is 1.85. The van der Waals surface area contributed by atoms with Crippen LogP contribution in [0.3, 0.4) is 0 Å². The summed E-state index contributed by atoms with van der Waals surface area (Å²) in [5.41, 5.74) is 0. The molecular formula is C6H6BN9O3. The van der Waals surface area contributed by atoms with Gasteiger partial charge in [0.15, 0.2) is 19.0 Å². The molecule has 0 saturated carbocycles. The lowest BCUT2D eigenvalue weighted by Crippen LogP contribution is -2.49. The van der Waals surface area contributed by atoms with Gasteiger partial charge in [-0.2, -0.15) is 0 Å². The van der Waals surface area contributed by atoms with Crippen LogP contribution in [0.1, 0.15) is 0 Å². The van der Waals surface area contributed by atoms with Crippen LogP contribution in [0.2, 0.25) is 0 Å². The molecule has 3 rings (SSSR count). The molecule has 0 radical (unpaired) electrons. The van der Waals surface area contributed by atoms with Gasteiger partial charge < -0.3 is 14.3 Å². The maximum atomic E-state index is 5.22. The third kappa shape index (κ3) is 2.77. The van der Waals surface area contributed by atoms with Crippen molar-refractivity contribution in [3.05, 3.63) is 38.0 Å². The molecule has 3 aromatic heterocycles. The Morgan fingerprint density at radius 2 is 1.00 bits per heavy atom. The zero-order valence-corrected chi connectivity index (χ0v) is 9.29. The minimum Gasteiger partial charge on any atom is -0.379 e. The number of hydrogen-bond acceptors (Lipinski definition) is 9. The molecule has 0 saturated heterocycles. The average molecular weight is 263 g/mol. The normalized spacial score (nSPS) is 10.1. The van der Waals surface area contributed by atoms with Gasteiger partial charge in [-0.1, -0.05) is 14.5 Å². The Labute approximate surface area is 105 Å². The van der Waals surface area contributed by atoms with Crippen LogP contribution in [-0.2, 0) is 0 Å². The number of aromatic nitrogens is 9. The number of hydrogen-bond donors (Lipinski definition) is 0. The highest BCUT2D eigenvalue weighted by Gasteiger charge is 2.34. The quantitative estimate of drug-likeness (QED) is 0.432. The molecule has 0 aliphatic heterocycles. The molecule has 0 bridgehead atoms. The highest BCUT2D eigenvalue weighted by molar-refractivity contribution is 6.37. The van der Waals surface area contributed by atoms with Gasteiger partial charge in [0, 0.05) is 0 Å². The first-order chi connectivity index (χ1) is 9.40. The summed E-state index contributed by atoms with van der Waals surface area (Å²) in [5, 5.41) is 11.2. The summed E-state index contributed by atoms with van der Waals surface area (Å²) in [6.45, 7) is 0. The zero-order chi connectivity index (χ0) is 12.9. The van der Waals surface area contributed by atoms with Crippen molar-refractivity contribution in [2.24, 2.45) is 0 Å². The topological polar surface area (TPSA) is 120 Å². The van der Waals surface area contributed by atoms with E-state index in [-0.39, 0.29) is 0 Å². The van der Waals surface area contributed by atoms with Gasteiger partial charge in [0.05, 0.1) is 0 Å². The molecule has 0 N–H and O–H groups in total. The van der Waals surface area contributed by atoms with Gasteiger partial charge in [0.1, 0.15) is 19.0 Å². The van der Waals surface area contributed by atoms with Crippen LogP contribution in [0.15, 0.2) is 38.0 Å². The summed E-state index contributed by atoms with van der Waals surface area (Å²) < 4.78 is 15.7. The van der Waals surface area contributed by atoms with Crippen LogP contribution in [0.25, 0.3) is 0 Å². The van der Waals surface area contributed by atoms with Crippen LogP contribution in [0, 0.1) is 0 Å². The largest absolute Gasteiger partial charge is 0.929 e. The molecule has 0 amide bonds. The first kappa shape index (κ1) is 11.0. The second-order valence-corrected chi connectivity index (χ2v) is 3.00. The molecular weight excluding hydrogens is 257 g/mol. The molecule has 19 heavy (non-hydrogen) atoms. The van der Waals surface area contributed by atoms with E-state index < -0.39 is 7.32 Å². The third-order valence-corrected chi connectivity index (χ3v) is 1.77. The Morgan fingerprint density at radius 3 is 1.26 bits per heavy atom. The van der Waals surface area contributed by atoms with Gasteiger partial charge >= 0.3 is 7.32 Å². The van der Waals surface area contributed by atoms with Gasteiger partial charge in [-0.15, -0.1) is 15.3 Å². The van der Waals surface area contributed by atoms with Gasteiger partial charge in [0.25, 0.3) is 0 Å². The van der Waals surface area contributed by atoms with Gasteiger partial charge in [-0.3, -0.25) is 0 Å². The van der Waals surface area contributed by atoms with E-state index in [9.17, 15) is 0 Å². The minimum absolute atomic E-state index is 1.05. The molecule has 96 valence electrons. The monoisotopic (exact) mass is 263 g/mol. The summed E-state index contributed by atoms with van der Waals surface area (Å²) in [7, 11) is -1.23. The summed E-state index contributed by atoms with van der Waals surface area (Å²) in [4.78, 5) is 14.3. The van der Waals surface area contributed by atoms with Gasteiger partial charge in [0.2, 0.25) is 0 Å². The van der Waals surface area contributed by atoms with Crippen LogP contribution >= 0.6 is 0 Å². The molecule has 0 aromatic carbocycles. The van der Waals surface area contributed by atoms with E-state index in [1.807, 2.05) is 0 Å². The molecule has 13 heteroatoms. The maximum absolute atomic E-state index is 5.22. The maximum Gasteiger partial charge on any atom is 0.929 e. The smallest absolute Gasteiger partial charge is 0.379 e. The molecule has 0 aliphatic rings. The second kappa shape index (κ2) is 5.03. The molecule has 0 spiro atoms. The molecule has 12 nitrogen and oxygen atoms in total. The predicted octanol–water partition coefficient (Wildman–Crippen LogP) is -2.87. The summed E-state index contributed by atoms with van der Waals surface area (Å²) in [5.74, 6) is 0. The van der Waals surface area contributed by atoms with Crippen LogP contribution in [0.4, 0.5) is 0 Å². The molecule has 3 aromatic rings. The lowest BCUT2D eigenvalue weighted by Gasteiger charge is -2.12. The van der Waals surface area contributed by atoms with E-state index in [4.69, 9.17) is 14.3 Å². The average Bonchev–Trinajstić information content (AvgIpc) is 3.10. The predicted molar refractivity (Wildman–Crippen MR) is 55.6 cm³/mol. The summed E-state index contributed by atoms with van der Waals surface area (Å²) in [6, 6.07) is 0. The lowest BCUT2D eigenvalue weighted by molar-refractivity contribution is 0.0393. The summed E-state index contributed by atoms with van der Waals surface area (Å²) >= 11 is 0. The summed E-state index contributed by atoms with van der Waals surface area (Å²) in [6.07, 6.45) is 7.85. The van der Waals surface area contributed by atoms with Crippen molar-refractivity contribution >= 4 is 7.32 Å². The molecule has 0 atom stereocenters. The van der Waals surface area contributed by atoms with Crippen LogP contribution < -0.4 is 14.3 Å². The Kier molecular flexibility index (Phi) is 2.91. The first-order valence-corrected chi connectivity index (χ1v) is 4.95. The standard InChI is InChI=1S/C6H6BN9O3/c1-8-4-14(11-1)17-7(18-15-5-9-2-12-15)19-16-6-10-3-13-16/h1-6H. The highest BCUT2D eigenvalue weighted by atomic mass is 16.9. The van der Waals surface area contributed by atoms with Crippen molar-refractivity contribution in [3.63, 3.8) is 0 Å². The fraction of sp³-hybridized carbons (Fsp3) is 0. The van der Waals surface area contributed by atoms with E-state index in [2.05, 4.69) is 30.2 Å². The van der Waals surface area contributed by atoms with Crippen molar-refractivity contribution in [2.45, 2.75) is 0 Å². The molecule has 0 aliphatic carbocycles. The van der Waals surface area contributed by atoms with Gasteiger partial charge in [-0.05, 0) is 0 Å². The van der Waals surface area contributed by atoms with E-state index in [0.29, 0.717) is 0 Å². The SMILES string of the molecule is c1ncn(OB(On2cncn2)On2cncn2)n1. The fourth-order valence-electron chi connectivity index (χ4n) is 1.08.